The number of hydrogen-bond donors (Lipinski definition) is 1. The van der Waals surface area contributed by atoms with Gasteiger partial charge in [-0.05, 0) is 55.1 Å². The molecule has 2 saturated heterocycles. The molecule has 1 unspecified atom stereocenters. The molecule has 0 saturated carbocycles. The Morgan fingerprint density at radius 2 is 1.82 bits per heavy atom. The molecule has 2 N–H and O–H groups in total. The van der Waals surface area contributed by atoms with Crippen molar-refractivity contribution in [3.05, 3.63) is 71.5 Å². The Bertz CT molecular complexity index is 795. The van der Waals surface area contributed by atoms with Crippen LogP contribution in [0.5, 0.6) is 0 Å². The SMILES string of the molecule is NC[C@@H]1CN(C(=O)C2CCCN2Cc2ccc(F)cc2)C[C@H]1c1ccccc1. The van der Waals surface area contributed by atoms with Crippen molar-refractivity contribution in [2.24, 2.45) is 11.7 Å². The summed E-state index contributed by atoms with van der Waals surface area (Å²) >= 11 is 0. The smallest absolute Gasteiger partial charge is 0.239 e. The molecule has 28 heavy (non-hydrogen) atoms. The van der Waals surface area contributed by atoms with Gasteiger partial charge in [-0.15, -0.1) is 0 Å². The number of halogens is 1. The van der Waals surface area contributed by atoms with E-state index in [9.17, 15) is 9.18 Å². The first-order valence-corrected chi connectivity index (χ1v) is 10.2. The molecule has 2 aliphatic heterocycles. The van der Waals surface area contributed by atoms with E-state index in [-0.39, 0.29) is 17.8 Å². The summed E-state index contributed by atoms with van der Waals surface area (Å²) in [5.74, 6) is 0.603. The van der Waals surface area contributed by atoms with E-state index in [0.717, 1.165) is 38.0 Å². The van der Waals surface area contributed by atoms with Gasteiger partial charge in [0, 0.05) is 25.6 Å². The molecule has 4 nitrogen and oxygen atoms in total. The zero-order valence-corrected chi connectivity index (χ0v) is 16.1. The fourth-order valence-electron chi connectivity index (χ4n) is 4.70. The maximum Gasteiger partial charge on any atom is 0.239 e. The molecule has 0 spiro atoms. The summed E-state index contributed by atoms with van der Waals surface area (Å²) < 4.78 is 13.2. The lowest BCUT2D eigenvalue weighted by Crippen LogP contribution is -2.44. The fraction of sp³-hybridized carbons (Fsp3) is 0.435. The maximum absolute atomic E-state index is 13.3. The monoisotopic (exact) mass is 381 g/mol. The Hall–Kier alpha value is -2.24. The number of nitrogens with two attached hydrogens (primary N) is 1. The normalized spacial score (nSPS) is 25.4. The lowest BCUT2D eigenvalue weighted by molar-refractivity contribution is -0.135. The van der Waals surface area contributed by atoms with Crippen LogP contribution in [-0.4, -0.2) is 47.9 Å². The third-order valence-electron chi connectivity index (χ3n) is 6.23. The van der Waals surface area contributed by atoms with Gasteiger partial charge in [0.2, 0.25) is 5.91 Å². The summed E-state index contributed by atoms with van der Waals surface area (Å²) in [6.07, 6.45) is 1.91. The van der Waals surface area contributed by atoms with Gasteiger partial charge in [-0.2, -0.15) is 0 Å². The van der Waals surface area contributed by atoms with Gasteiger partial charge in [0.1, 0.15) is 5.82 Å². The Morgan fingerprint density at radius 3 is 2.54 bits per heavy atom. The number of nitrogens with zero attached hydrogens (tertiary/aromatic N) is 2. The molecule has 2 fully saturated rings. The highest BCUT2D eigenvalue weighted by molar-refractivity contribution is 5.82. The average Bonchev–Trinajstić information content (AvgIpc) is 3.37. The van der Waals surface area contributed by atoms with Crippen molar-refractivity contribution in [3.63, 3.8) is 0 Å². The Kier molecular flexibility index (Phi) is 5.74. The largest absolute Gasteiger partial charge is 0.340 e. The highest BCUT2D eigenvalue weighted by Gasteiger charge is 2.40. The summed E-state index contributed by atoms with van der Waals surface area (Å²) in [6, 6.07) is 16.9. The van der Waals surface area contributed by atoms with Crippen LogP contribution in [0, 0.1) is 11.7 Å². The minimum absolute atomic E-state index is 0.0852. The minimum atomic E-state index is -0.227. The number of hydrogen-bond acceptors (Lipinski definition) is 3. The quantitative estimate of drug-likeness (QED) is 0.866. The molecule has 0 radical (unpaired) electrons. The topological polar surface area (TPSA) is 49.6 Å². The second-order valence-electron chi connectivity index (χ2n) is 8.01. The zero-order chi connectivity index (χ0) is 19.5. The van der Waals surface area contributed by atoms with Crippen molar-refractivity contribution < 1.29 is 9.18 Å². The van der Waals surface area contributed by atoms with Gasteiger partial charge in [0.15, 0.2) is 0 Å². The van der Waals surface area contributed by atoms with Crippen LogP contribution in [0.2, 0.25) is 0 Å². The molecule has 2 heterocycles. The van der Waals surface area contributed by atoms with Crippen molar-refractivity contribution in [3.8, 4) is 0 Å². The van der Waals surface area contributed by atoms with Crippen LogP contribution in [0.4, 0.5) is 4.39 Å². The third-order valence-corrected chi connectivity index (χ3v) is 6.23. The first kappa shape index (κ1) is 19.1. The summed E-state index contributed by atoms with van der Waals surface area (Å²) in [4.78, 5) is 17.6. The molecule has 1 amide bonds. The second-order valence-corrected chi connectivity index (χ2v) is 8.01. The lowest BCUT2D eigenvalue weighted by Gasteiger charge is -2.28. The van der Waals surface area contributed by atoms with E-state index in [0.29, 0.717) is 24.9 Å². The van der Waals surface area contributed by atoms with Crippen molar-refractivity contribution in [2.75, 3.05) is 26.2 Å². The molecule has 0 bridgehead atoms. The van der Waals surface area contributed by atoms with Crippen LogP contribution in [-0.2, 0) is 11.3 Å². The van der Waals surface area contributed by atoms with Crippen LogP contribution < -0.4 is 5.73 Å². The minimum Gasteiger partial charge on any atom is -0.340 e. The number of amides is 1. The molecule has 2 aliphatic rings. The molecule has 4 rings (SSSR count). The van der Waals surface area contributed by atoms with E-state index in [1.165, 1.54) is 17.7 Å². The summed E-state index contributed by atoms with van der Waals surface area (Å²) in [6.45, 7) is 3.66. The van der Waals surface area contributed by atoms with Crippen LogP contribution in [0.25, 0.3) is 0 Å². The number of benzene rings is 2. The van der Waals surface area contributed by atoms with Crippen molar-refractivity contribution in [1.29, 1.82) is 0 Å². The van der Waals surface area contributed by atoms with Crippen molar-refractivity contribution in [2.45, 2.75) is 31.3 Å². The highest BCUT2D eigenvalue weighted by Crippen LogP contribution is 2.33. The van der Waals surface area contributed by atoms with Crippen LogP contribution in [0.15, 0.2) is 54.6 Å². The predicted octanol–water partition coefficient (Wildman–Crippen LogP) is 2.99. The molecule has 148 valence electrons. The van der Waals surface area contributed by atoms with Crippen molar-refractivity contribution >= 4 is 5.91 Å². The number of carbonyl (C=O) groups is 1. The van der Waals surface area contributed by atoms with Gasteiger partial charge in [0.05, 0.1) is 6.04 Å². The first-order valence-electron chi connectivity index (χ1n) is 10.2. The van der Waals surface area contributed by atoms with E-state index in [2.05, 4.69) is 29.2 Å². The first-order chi connectivity index (χ1) is 13.7. The van der Waals surface area contributed by atoms with Gasteiger partial charge < -0.3 is 10.6 Å². The van der Waals surface area contributed by atoms with Crippen LogP contribution >= 0.6 is 0 Å². The van der Waals surface area contributed by atoms with Crippen LogP contribution in [0.3, 0.4) is 0 Å². The van der Waals surface area contributed by atoms with Crippen LogP contribution in [0.1, 0.15) is 29.9 Å². The van der Waals surface area contributed by atoms with Gasteiger partial charge in [-0.3, -0.25) is 9.69 Å². The molecule has 2 aromatic rings. The standard InChI is InChI=1S/C23H28FN3O/c24-20-10-8-17(9-11-20)14-26-12-4-7-22(26)23(28)27-15-19(13-25)21(16-27)18-5-2-1-3-6-18/h1-3,5-6,8-11,19,21-22H,4,7,12-16,25H2/t19-,21+,22?/m1/s1. The van der Waals surface area contributed by atoms with E-state index in [1.807, 2.05) is 11.0 Å². The van der Waals surface area contributed by atoms with Gasteiger partial charge in [0.25, 0.3) is 0 Å². The lowest BCUT2D eigenvalue weighted by atomic mass is 9.89. The fourth-order valence-corrected chi connectivity index (χ4v) is 4.70. The Balaban J connectivity index is 1.45. The molecule has 0 aromatic heterocycles. The average molecular weight is 381 g/mol. The number of rotatable bonds is 5. The molecular weight excluding hydrogens is 353 g/mol. The van der Waals surface area contributed by atoms with Gasteiger partial charge >= 0.3 is 0 Å². The summed E-state index contributed by atoms with van der Waals surface area (Å²) in [7, 11) is 0. The molecule has 0 aliphatic carbocycles. The molecule has 2 aromatic carbocycles. The highest BCUT2D eigenvalue weighted by atomic mass is 19.1. The van der Waals surface area contributed by atoms with E-state index in [4.69, 9.17) is 5.73 Å². The Labute approximate surface area is 166 Å². The third kappa shape index (κ3) is 3.96. The zero-order valence-electron chi connectivity index (χ0n) is 16.1. The predicted molar refractivity (Wildman–Crippen MR) is 108 cm³/mol. The summed E-state index contributed by atoms with van der Waals surface area (Å²) in [5.41, 5.74) is 8.35. The number of carbonyl (C=O) groups excluding carboxylic acids is 1. The molecular formula is C23H28FN3O. The second kappa shape index (κ2) is 8.41. The summed E-state index contributed by atoms with van der Waals surface area (Å²) in [5, 5.41) is 0. The number of likely N-dealkylation sites (tertiary alicyclic amines) is 2. The van der Waals surface area contributed by atoms with E-state index >= 15 is 0 Å². The van der Waals surface area contributed by atoms with Gasteiger partial charge in [-0.1, -0.05) is 42.5 Å². The molecule has 5 heteroatoms. The van der Waals surface area contributed by atoms with Gasteiger partial charge in [-0.25, -0.2) is 4.39 Å². The Morgan fingerprint density at radius 1 is 1.07 bits per heavy atom. The molecule has 3 atom stereocenters. The van der Waals surface area contributed by atoms with E-state index < -0.39 is 0 Å². The van der Waals surface area contributed by atoms with E-state index in [1.54, 1.807) is 12.1 Å². The maximum atomic E-state index is 13.3. The van der Waals surface area contributed by atoms with Crippen molar-refractivity contribution in [1.82, 2.24) is 9.80 Å².